The fourth-order valence-electron chi connectivity index (χ4n) is 3.74. The molecule has 4 nitrogen and oxygen atoms in total. The Kier molecular flexibility index (Phi) is 4.60. The lowest BCUT2D eigenvalue weighted by Gasteiger charge is -2.11. The Labute approximate surface area is 179 Å². The molecular weight excluding hydrogens is 386 g/mol. The van der Waals surface area contributed by atoms with Crippen LogP contribution in [0.15, 0.2) is 100 Å². The summed E-state index contributed by atoms with van der Waals surface area (Å²) in [6.07, 6.45) is 0. The third-order valence-electron chi connectivity index (χ3n) is 5.29. The monoisotopic (exact) mass is 405 g/mol. The molecule has 1 N–H and O–H groups in total. The van der Waals surface area contributed by atoms with E-state index in [9.17, 15) is 9.90 Å². The highest BCUT2D eigenvalue weighted by Crippen LogP contribution is 2.36. The molecule has 0 saturated carbocycles. The predicted molar refractivity (Wildman–Crippen MR) is 123 cm³/mol. The minimum absolute atomic E-state index is 0.0841. The molecule has 2 aromatic heterocycles. The molecule has 31 heavy (non-hydrogen) atoms. The molecule has 5 aromatic rings. The van der Waals surface area contributed by atoms with Gasteiger partial charge in [-0.2, -0.15) is 0 Å². The van der Waals surface area contributed by atoms with E-state index < -0.39 is 5.63 Å². The van der Waals surface area contributed by atoms with E-state index in [-0.39, 0.29) is 11.3 Å². The van der Waals surface area contributed by atoms with E-state index in [1.54, 1.807) is 6.07 Å². The molecule has 5 rings (SSSR count). The van der Waals surface area contributed by atoms with Gasteiger partial charge in [0.05, 0.1) is 16.8 Å². The molecule has 2 heterocycles. The molecule has 0 bridgehead atoms. The molecule has 3 aromatic carbocycles. The van der Waals surface area contributed by atoms with Gasteiger partial charge in [0.15, 0.2) is 0 Å². The highest BCUT2D eigenvalue weighted by Gasteiger charge is 2.18. The largest absolute Gasteiger partial charge is 0.506 e. The Hall–Kier alpha value is -4.18. The number of nitrogens with zero attached hydrogens (tertiary/aromatic N) is 1. The lowest BCUT2D eigenvalue weighted by molar-refractivity contribution is 0.471. The minimum atomic E-state index is -0.585. The molecule has 0 radical (unpaired) electrons. The molecule has 0 atom stereocenters. The first-order valence-corrected chi connectivity index (χ1v) is 10.00. The van der Waals surface area contributed by atoms with Crippen LogP contribution in [0.1, 0.15) is 5.56 Å². The van der Waals surface area contributed by atoms with Gasteiger partial charge in [-0.05, 0) is 36.8 Å². The van der Waals surface area contributed by atoms with E-state index in [0.717, 1.165) is 16.7 Å². The smallest absolute Gasteiger partial charge is 0.347 e. The number of benzene rings is 3. The second-order valence-corrected chi connectivity index (χ2v) is 7.47. The van der Waals surface area contributed by atoms with Gasteiger partial charge in [0.1, 0.15) is 16.9 Å². The molecule has 0 aliphatic rings. The number of fused-ring (bicyclic) bond motifs is 1. The highest BCUT2D eigenvalue weighted by molar-refractivity contribution is 5.91. The van der Waals surface area contributed by atoms with Crippen molar-refractivity contribution in [2.24, 2.45) is 0 Å². The lowest BCUT2D eigenvalue weighted by atomic mass is 9.99. The summed E-state index contributed by atoms with van der Waals surface area (Å²) in [5.74, 6) is -0.0841. The van der Waals surface area contributed by atoms with Crippen LogP contribution in [-0.4, -0.2) is 10.1 Å². The number of rotatable bonds is 3. The SMILES string of the molecule is Cc1ccc2oc(=O)c(-c3cc(-c4ccccc4)nc(-c4ccccc4)c3)c(O)c2c1. The summed E-state index contributed by atoms with van der Waals surface area (Å²) >= 11 is 0. The number of hydrogen-bond donors (Lipinski definition) is 1. The average molecular weight is 405 g/mol. The number of pyridine rings is 1. The summed E-state index contributed by atoms with van der Waals surface area (Å²) < 4.78 is 5.54. The van der Waals surface area contributed by atoms with Crippen LogP contribution >= 0.6 is 0 Å². The third kappa shape index (κ3) is 3.49. The lowest BCUT2D eigenvalue weighted by Crippen LogP contribution is -2.04. The van der Waals surface area contributed by atoms with Crippen LogP contribution in [0, 0.1) is 6.92 Å². The van der Waals surface area contributed by atoms with Gasteiger partial charge in [-0.1, -0.05) is 72.3 Å². The van der Waals surface area contributed by atoms with Crippen LogP contribution in [0.4, 0.5) is 0 Å². The zero-order chi connectivity index (χ0) is 21.4. The summed E-state index contributed by atoms with van der Waals surface area (Å²) in [4.78, 5) is 17.7. The molecule has 0 aliphatic heterocycles. The van der Waals surface area contributed by atoms with Gasteiger partial charge in [0, 0.05) is 11.1 Å². The zero-order valence-corrected chi connectivity index (χ0v) is 16.9. The normalized spacial score (nSPS) is 11.0. The molecule has 0 amide bonds. The highest BCUT2D eigenvalue weighted by atomic mass is 16.4. The van der Waals surface area contributed by atoms with E-state index in [0.29, 0.717) is 27.9 Å². The summed E-state index contributed by atoms with van der Waals surface area (Å²) in [7, 11) is 0. The first-order chi connectivity index (χ1) is 15.1. The van der Waals surface area contributed by atoms with Crippen molar-refractivity contribution in [3.63, 3.8) is 0 Å². The van der Waals surface area contributed by atoms with Gasteiger partial charge < -0.3 is 9.52 Å². The second-order valence-electron chi connectivity index (χ2n) is 7.47. The Balaban J connectivity index is 1.81. The molecular formula is C27H19NO3. The van der Waals surface area contributed by atoms with E-state index >= 15 is 0 Å². The zero-order valence-electron chi connectivity index (χ0n) is 16.9. The maximum atomic E-state index is 12.9. The quantitative estimate of drug-likeness (QED) is 0.363. The van der Waals surface area contributed by atoms with Crippen LogP contribution in [0.25, 0.3) is 44.6 Å². The first kappa shape index (κ1) is 18.8. The predicted octanol–water partition coefficient (Wildman–Crippen LogP) is 6.20. The van der Waals surface area contributed by atoms with Crippen molar-refractivity contribution in [2.75, 3.05) is 0 Å². The molecule has 4 heteroatoms. The number of aryl methyl sites for hydroxylation is 1. The van der Waals surface area contributed by atoms with Crippen molar-refractivity contribution in [2.45, 2.75) is 6.92 Å². The van der Waals surface area contributed by atoms with Crippen LogP contribution in [0.2, 0.25) is 0 Å². The van der Waals surface area contributed by atoms with E-state index in [2.05, 4.69) is 0 Å². The summed E-state index contributed by atoms with van der Waals surface area (Å²) in [6, 6.07) is 28.5. The van der Waals surface area contributed by atoms with Gasteiger partial charge in [0.2, 0.25) is 0 Å². The molecule has 0 unspecified atom stereocenters. The molecule has 150 valence electrons. The summed E-state index contributed by atoms with van der Waals surface area (Å²) in [5.41, 5.74) is 4.68. The Morgan fingerprint density at radius 2 is 1.32 bits per heavy atom. The van der Waals surface area contributed by atoms with Crippen molar-refractivity contribution < 1.29 is 9.52 Å². The number of hydrogen-bond acceptors (Lipinski definition) is 4. The molecule has 0 aliphatic carbocycles. The van der Waals surface area contributed by atoms with E-state index in [1.807, 2.05) is 91.9 Å². The summed E-state index contributed by atoms with van der Waals surface area (Å²) in [5, 5.41) is 11.6. The summed E-state index contributed by atoms with van der Waals surface area (Å²) in [6.45, 7) is 1.93. The van der Waals surface area contributed by atoms with Crippen LogP contribution in [-0.2, 0) is 0 Å². The van der Waals surface area contributed by atoms with Gasteiger partial charge in [-0.15, -0.1) is 0 Å². The molecule has 0 fully saturated rings. The van der Waals surface area contributed by atoms with Crippen molar-refractivity contribution in [3.8, 4) is 39.4 Å². The Morgan fingerprint density at radius 1 is 0.742 bits per heavy atom. The van der Waals surface area contributed by atoms with Crippen molar-refractivity contribution in [1.82, 2.24) is 4.98 Å². The van der Waals surface area contributed by atoms with Crippen molar-refractivity contribution in [3.05, 3.63) is 107 Å². The van der Waals surface area contributed by atoms with Gasteiger partial charge in [0.25, 0.3) is 0 Å². The molecule has 0 spiro atoms. The van der Waals surface area contributed by atoms with Gasteiger partial charge in [-0.3, -0.25) is 0 Å². The first-order valence-electron chi connectivity index (χ1n) is 10.00. The Morgan fingerprint density at radius 3 is 1.90 bits per heavy atom. The standard InChI is InChI=1S/C27H19NO3/c1-17-12-13-24-21(14-17)26(29)25(27(30)31-24)20-15-22(18-8-4-2-5-9-18)28-23(16-20)19-10-6-3-7-11-19/h2-16,29H,1H3. The third-order valence-corrected chi connectivity index (χ3v) is 5.29. The van der Waals surface area contributed by atoms with Crippen LogP contribution in [0.3, 0.4) is 0 Å². The van der Waals surface area contributed by atoms with Crippen LogP contribution in [0.5, 0.6) is 5.75 Å². The maximum Gasteiger partial charge on any atom is 0.347 e. The van der Waals surface area contributed by atoms with Gasteiger partial charge in [-0.25, -0.2) is 9.78 Å². The second kappa shape index (κ2) is 7.58. The van der Waals surface area contributed by atoms with E-state index in [4.69, 9.17) is 9.40 Å². The fraction of sp³-hybridized carbons (Fsp3) is 0.0370. The molecule has 0 saturated heterocycles. The maximum absolute atomic E-state index is 12.9. The number of aromatic nitrogens is 1. The minimum Gasteiger partial charge on any atom is -0.506 e. The fourth-order valence-corrected chi connectivity index (χ4v) is 3.74. The van der Waals surface area contributed by atoms with Gasteiger partial charge >= 0.3 is 5.63 Å². The topological polar surface area (TPSA) is 63.3 Å². The Bertz CT molecular complexity index is 1400. The van der Waals surface area contributed by atoms with Crippen molar-refractivity contribution in [1.29, 1.82) is 0 Å². The van der Waals surface area contributed by atoms with E-state index in [1.165, 1.54) is 0 Å². The average Bonchev–Trinajstić information content (AvgIpc) is 2.81. The number of aromatic hydroxyl groups is 1. The van der Waals surface area contributed by atoms with Crippen molar-refractivity contribution >= 4 is 11.0 Å². The van der Waals surface area contributed by atoms with Crippen LogP contribution < -0.4 is 5.63 Å².